The van der Waals surface area contributed by atoms with Gasteiger partial charge in [-0.05, 0) is 18.9 Å². The molecule has 1 aromatic rings. The SMILES string of the molecule is N[C@H]1CCCC[C@H]1Nc1ncccn1. The van der Waals surface area contributed by atoms with Gasteiger partial charge in [0.2, 0.25) is 5.95 Å². The molecule has 1 heterocycles. The number of hydrogen-bond acceptors (Lipinski definition) is 4. The number of nitrogens with one attached hydrogen (secondary N) is 1. The minimum Gasteiger partial charge on any atom is -0.350 e. The van der Waals surface area contributed by atoms with Crippen molar-refractivity contribution in [2.24, 2.45) is 5.73 Å². The highest BCUT2D eigenvalue weighted by Gasteiger charge is 2.21. The van der Waals surface area contributed by atoms with Crippen LogP contribution in [0.2, 0.25) is 0 Å². The summed E-state index contributed by atoms with van der Waals surface area (Å²) >= 11 is 0. The summed E-state index contributed by atoms with van der Waals surface area (Å²) in [6.45, 7) is 0. The number of nitrogens with two attached hydrogens (primary N) is 1. The Morgan fingerprint density at radius 2 is 1.93 bits per heavy atom. The van der Waals surface area contributed by atoms with Crippen molar-refractivity contribution in [2.45, 2.75) is 37.8 Å². The van der Waals surface area contributed by atoms with Gasteiger partial charge in [0.25, 0.3) is 0 Å². The smallest absolute Gasteiger partial charge is 0.222 e. The molecule has 0 radical (unpaired) electrons. The second-order valence-electron chi connectivity index (χ2n) is 3.77. The molecule has 0 spiro atoms. The van der Waals surface area contributed by atoms with Crippen LogP contribution in [0.3, 0.4) is 0 Å². The Kier molecular flexibility index (Phi) is 2.93. The third-order valence-electron chi connectivity index (χ3n) is 2.70. The van der Waals surface area contributed by atoms with E-state index in [1.165, 1.54) is 12.8 Å². The third-order valence-corrected chi connectivity index (χ3v) is 2.70. The Hall–Kier alpha value is -1.16. The van der Waals surface area contributed by atoms with Crippen molar-refractivity contribution in [2.75, 3.05) is 5.32 Å². The Morgan fingerprint density at radius 3 is 2.64 bits per heavy atom. The van der Waals surface area contributed by atoms with Gasteiger partial charge in [-0.15, -0.1) is 0 Å². The topological polar surface area (TPSA) is 63.8 Å². The minimum atomic E-state index is 0.243. The maximum Gasteiger partial charge on any atom is 0.222 e. The van der Waals surface area contributed by atoms with E-state index < -0.39 is 0 Å². The highest BCUT2D eigenvalue weighted by molar-refractivity contribution is 5.25. The molecule has 4 heteroatoms. The molecule has 1 fully saturated rings. The lowest BCUT2D eigenvalue weighted by Crippen LogP contribution is -2.42. The summed E-state index contributed by atoms with van der Waals surface area (Å²) in [4.78, 5) is 8.26. The van der Waals surface area contributed by atoms with E-state index in [0.29, 0.717) is 12.0 Å². The van der Waals surface area contributed by atoms with Crippen LogP contribution in [-0.4, -0.2) is 22.1 Å². The summed E-state index contributed by atoms with van der Waals surface area (Å²) in [7, 11) is 0. The van der Waals surface area contributed by atoms with Gasteiger partial charge in [-0.1, -0.05) is 12.8 Å². The van der Waals surface area contributed by atoms with Crippen molar-refractivity contribution in [3.63, 3.8) is 0 Å². The number of hydrogen-bond donors (Lipinski definition) is 2. The largest absolute Gasteiger partial charge is 0.350 e. The molecule has 0 aliphatic heterocycles. The zero-order chi connectivity index (χ0) is 9.80. The second-order valence-corrected chi connectivity index (χ2v) is 3.77. The van der Waals surface area contributed by atoms with E-state index in [1.54, 1.807) is 12.4 Å². The van der Waals surface area contributed by atoms with Crippen molar-refractivity contribution in [3.8, 4) is 0 Å². The van der Waals surface area contributed by atoms with Gasteiger partial charge >= 0.3 is 0 Å². The molecule has 4 nitrogen and oxygen atoms in total. The van der Waals surface area contributed by atoms with Crippen LogP contribution in [0.25, 0.3) is 0 Å². The van der Waals surface area contributed by atoms with Crippen LogP contribution < -0.4 is 11.1 Å². The van der Waals surface area contributed by atoms with Crippen LogP contribution in [0.15, 0.2) is 18.5 Å². The molecule has 1 saturated carbocycles. The van der Waals surface area contributed by atoms with Crippen molar-refractivity contribution in [1.82, 2.24) is 9.97 Å². The lowest BCUT2D eigenvalue weighted by Gasteiger charge is -2.29. The monoisotopic (exact) mass is 192 g/mol. The number of rotatable bonds is 2. The molecule has 2 atom stereocenters. The first-order valence-electron chi connectivity index (χ1n) is 5.15. The van der Waals surface area contributed by atoms with Crippen LogP contribution in [-0.2, 0) is 0 Å². The first-order chi connectivity index (χ1) is 6.86. The molecule has 1 aliphatic carbocycles. The molecule has 14 heavy (non-hydrogen) atoms. The van der Waals surface area contributed by atoms with Crippen molar-refractivity contribution in [1.29, 1.82) is 0 Å². The highest BCUT2D eigenvalue weighted by Crippen LogP contribution is 2.19. The maximum atomic E-state index is 6.01. The molecule has 0 unspecified atom stereocenters. The van der Waals surface area contributed by atoms with E-state index in [0.717, 1.165) is 12.8 Å². The molecule has 0 amide bonds. The third kappa shape index (κ3) is 2.20. The molecule has 2 rings (SSSR count). The molecule has 1 aromatic heterocycles. The molecule has 0 aromatic carbocycles. The van der Waals surface area contributed by atoms with Gasteiger partial charge in [0, 0.05) is 24.5 Å². The summed E-state index contributed by atoms with van der Waals surface area (Å²) in [5.74, 6) is 0.690. The van der Waals surface area contributed by atoms with Crippen LogP contribution in [0.5, 0.6) is 0 Å². The number of nitrogens with zero attached hydrogens (tertiary/aromatic N) is 2. The highest BCUT2D eigenvalue weighted by atomic mass is 15.1. The van der Waals surface area contributed by atoms with Gasteiger partial charge in [-0.25, -0.2) is 9.97 Å². The van der Waals surface area contributed by atoms with E-state index in [-0.39, 0.29) is 6.04 Å². The van der Waals surface area contributed by atoms with E-state index in [9.17, 15) is 0 Å². The van der Waals surface area contributed by atoms with Crippen molar-refractivity contribution < 1.29 is 0 Å². The van der Waals surface area contributed by atoms with E-state index in [4.69, 9.17) is 5.73 Å². The Labute approximate surface area is 83.9 Å². The van der Waals surface area contributed by atoms with Crippen LogP contribution in [0.4, 0.5) is 5.95 Å². The predicted octanol–water partition coefficient (Wildman–Crippen LogP) is 1.16. The minimum absolute atomic E-state index is 0.243. The van der Waals surface area contributed by atoms with E-state index in [2.05, 4.69) is 15.3 Å². The Balaban J connectivity index is 1.96. The lowest BCUT2D eigenvalue weighted by atomic mass is 9.91. The Morgan fingerprint density at radius 1 is 1.21 bits per heavy atom. The molecule has 1 aliphatic rings. The molecular weight excluding hydrogens is 176 g/mol. The van der Waals surface area contributed by atoms with Gasteiger partial charge in [-0.3, -0.25) is 0 Å². The average Bonchev–Trinajstić information content (AvgIpc) is 2.23. The fraction of sp³-hybridized carbons (Fsp3) is 0.600. The summed E-state index contributed by atoms with van der Waals surface area (Å²) in [6, 6.07) is 2.39. The molecule has 3 N–H and O–H groups in total. The standard InChI is InChI=1S/C10H16N4/c11-8-4-1-2-5-9(8)14-10-12-6-3-7-13-10/h3,6-9H,1-2,4-5,11H2,(H,12,13,14)/t8-,9+/m0/s1. The van der Waals surface area contributed by atoms with Crippen LogP contribution >= 0.6 is 0 Å². The lowest BCUT2D eigenvalue weighted by molar-refractivity contribution is 0.402. The van der Waals surface area contributed by atoms with Gasteiger partial charge in [0.05, 0.1) is 0 Å². The molecule has 0 bridgehead atoms. The number of aromatic nitrogens is 2. The average molecular weight is 192 g/mol. The first-order valence-corrected chi connectivity index (χ1v) is 5.15. The predicted molar refractivity (Wildman–Crippen MR) is 55.9 cm³/mol. The normalized spacial score (nSPS) is 27.2. The Bertz CT molecular complexity index is 275. The zero-order valence-electron chi connectivity index (χ0n) is 8.19. The molecule has 0 saturated heterocycles. The molecular formula is C10H16N4. The van der Waals surface area contributed by atoms with Crippen LogP contribution in [0.1, 0.15) is 25.7 Å². The summed E-state index contributed by atoms with van der Waals surface area (Å²) < 4.78 is 0. The molecule has 76 valence electrons. The summed E-state index contributed by atoms with van der Waals surface area (Å²) in [6.07, 6.45) is 8.20. The number of anilines is 1. The fourth-order valence-electron chi connectivity index (χ4n) is 1.88. The van der Waals surface area contributed by atoms with Gasteiger partial charge < -0.3 is 11.1 Å². The summed E-state index contributed by atoms with van der Waals surface area (Å²) in [5.41, 5.74) is 6.01. The van der Waals surface area contributed by atoms with Gasteiger partial charge in [-0.2, -0.15) is 0 Å². The first kappa shape index (κ1) is 9.40. The summed E-state index contributed by atoms with van der Waals surface area (Å²) in [5, 5.41) is 3.28. The zero-order valence-corrected chi connectivity index (χ0v) is 8.19. The van der Waals surface area contributed by atoms with Gasteiger partial charge in [0.15, 0.2) is 0 Å². The second kappa shape index (κ2) is 4.37. The van der Waals surface area contributed by atoms with Crippen LogP contribution in [0, 0.1) is 0 Å². The fourth-order valence-corrected chi connectivity index (χ4v) is 1.88. The van der Waals surface area contributed by atoms with Crippen molar-refractivity contribution in [3.05, 3.63) is 18.5 Å². The van der Waals surface area contributed by atoms with Crippen molar-refractivity contribution >= 4 is 5.95 Å². The van der Waals surface area contributed by atoms with E-state index in [1.807, 2.05) is 6.07 Å². The van der Waals surface area contributed by atoms with Gasteiger partial charge in [0.1, 0.15) is 0 Å². The van der Waals surface area contributed by atoms with E-state index >= 15 is 0 Å². The maximum absolute atomic E-state index is 6.01. The quantitative estimate of drug-likeness (QED) is 0.738.